The molecule has 1 aromatic heterocycles. The quantitative estimate of drug-likeness (QED) is 0.859. The highest BCUT2D eigenvalue weighted by molar-refractivity contribution is 7.89. The molecule has 0 bridgehead atoms. The van der Waals surface area contributed by atoms with Crippen LogP contribution < -0.4 is 5.73 Å². The minimum Gasteiger partial charge on any atom is -0.381 e. The number of nitrogens with two attached hydrogens (primary N) is 1. The number of imidazole rings is 1. The lowest BCUT2D eigenvalue weighted by molar-refractivity contribution is 0.370. The van der Waals surface area contributed by atoms with Gasteiger partial charge in [-0.3, -0.25) is 0 Å². The maximum absolute atomic E-state index is 12.4. The van der Waals surface area contributed by atoms with Gasteiger partial charge in [-0.05, 0) is 12.8 Å². The Kier molecular flexibility index (Phi) is 3.13. The van der Waals surface area contributed by atoms with Gasteiger partial charge in [0.1, 0.15) is 0 Å². The number of anilines is 1. The van der Waals surface area contributed by atoms with Crippen molar-refractivity contribution in [3.05, 3.63) is 6.33 Å². The van der Waals surface area contributed by atoms with Crippen LogP contribution in [-0.2, 0) is 17.1 Å². The summed E-state index contributed by atoms with van der Waals surface area (Å²) in [5, 5.41) is 0.0897. The lowest BCUT2D eigenvalue weighted by atomic mass is 10.3. The van der Waals surface area contributed by atoms with Crippen molar-refractivity contribution in [2.75, 3.05) is 12.8 Å². The summed E-state index contributed by atoms with van der Waals surface area (Å²) < 4.78 is 27.7. The van der Waals surface area contributed by atoms with Gasteiger partial charge in [-0.15, -0.1) is 0 Å². The van der Waals surface area contributed by atoms with Crippen molar-refractivity contribution in [2.45, 2.75) is 36.8 Å². The maximum Gasteiger partial charge on any atom is 0.262 e. The molecular weight excluding hydrogens is 240 g/mol. The fraction of sp³-hybridized carbons (Fsp3) is 0.700. The van der Waals surface area contributed by atoms with Gasteiger partial charge in [0.15, 0.2) is 10.8 Å². The molecule has 6 nitrogen and oxygen atoms in total. The number of nitrogens with zero attached hydrogens (tertiary/aromatic N) is 3. The van der Waals surface area contributed by atoms with E-state index in [1.165, 1.54) is 15.2 Å². The first-order valence-electron chi connectivity index (χ1n) is 5.69. The van der Waals surface area contributed by atoms with Gasteiger partial charge in [0.25, 0.3) is 10.0 Å². The van der Waals surface area contributed by atoms with Gasteiger partial charge >= 0.3 is 0 Å². The number of rotatable bonds is 3. The third-order valence-corrected chi connectivity index (χ3v) is 5.41. The molecule has 1 aliphatic rings. The van der Waals surface area contributed by atoms with Crippen molar-refractivity contribution in [1.82, 2.24) is 13.9 Å². The lowest BCUT2D eigenvalue weighted by Crippen LogP contribution is -2.36. The Labute approximate surface area is 101 Å². The zero-order chi connectivity index (χ0) is 12.6. The van der Waals surface area contributed by atoms with Crippen molar-refractivity contribution in [2.24, 2.45) is 7.05 Å². The first-order valence-corrected chi connectivity index (χ1v) is 7.13. The predicted molar refractivity (Wildman–Crippen MR) is 64.8 cm³/mol. The van der Waals surface area contributed by atoms with Crippen LogP contribution in [0.1, 0.15) is 25.7 Å². The van der Waals surface area contributed by atoms with E-state index in [4.69, 9.17) is 5.73 Å². The number of aryl methyl sites for hydroxylation is 1. The molecule has 1 aromatic rings. The molecule has 96 valence electrons. The molecule has 0 amide bonds. The van der Waals surface area contributed by atoms with Crippen LogP contribution in [0.2, 0.25) is 0 Å². The smallest absolute Gasteiger partial charge is 0.262 e. The van der Waals surface area contributed by atoms with E-state index in [0.29, 0.717) is 0 Å². The molecule has 2 N–H and O–H groups in total. The van der Waals surface area contributed by atoms with E-state index in [0.717, 1.165) is 25.7 Å². The summed E-state index contributed by atoms with van der Waals surface area (Å²) >= 11 is 0. The molecule has 0 saturated heterocycles. The summed E-state index contributed by atoms with van der Waals surface area (Å²) in [4.78, 5) is 3.83. The van der Waals surface area contributed by atoms with E-state index in [1.807, 2.05) is 0 Å². The van der Waals surface area contributed by atoms with Crippen LogP contribution in [0.3, 0.4) is 0 Å². The fourth-order valence-electron chi connectivity index (χ4n) is 2.35. The van der Waals surface area contributed by atoms with E-state index in [-0.39, 0.29) is 16.9 Å². The average Bonchev–Trinajstić information content (AvgIpc) is 2.87. The average molecular weight is 258 g/mol. The summed E-state index contributed by atoms with van der Waals surface area (Å²) in [6.45, 7) is 0. The van der Waals surface area contributed by atoms with Crippen molar-refractivity contribution in [3.63, 3.8) is 0 Å². The minimum absolute atomic E-state index is 0.0670. The van der Waals surface area contributed by atoms with Gasteiger partial charge in [0.05, 0.1) is 6.33 Å². The minimum atomic E-state index is -3.53. The zero-order valence-electron chi connectivity index (χ0n) is 10.1. The molecule has 17 heavy (non-hydrogen) atoms. The summed E-state index contributed by atoms with van der Waals surface area (Å²) in [5.41, 5.74) is 5.63. The van der Waals surface area contributed by atoms with Gasteiger partial charge in [-0.25, -0.2) is 13.4 Å². The van der Waals surface area contributed by atoms with Crippen LogP contribution in [0.25, 0.3) is 0 Å². The van der Waals surface area contributed by atoms with Crippen LogP contribution in [0.15, 0.2) is 11.4 Å². The predicted octanol–water partition coefficient (Wildman–Crippen LogP) is 0.565. The standard InChI is InChI=1S/C10H18N4O2S/c1-13-7-12-9(11)10(13)17(15,16)14(2)8-5-3-4-6-8/h7-8H,3-6,11H2,1-2H3. The second-order valence-corrected chi connectivity index (χ2v) is 6.42. The van der Waals surface area contributed by atoms with E-state index in [2.05, 4.69) is 4.98 Å². The number of nitrogen functional groups attached to an aromatic ring is 1. The molecule has 0 aromatic carbocycles. The largest absolute Gasteiger partial charge is 0.381 e. The Morgan fingerprint density at radius 1 is 1.47 bits per heavy atom. The summed E-state index contributed by atoms with van der Waals surface area (Å²) in [6, 6.07) is 0.0919. The van der Waals surface area contributed by atoms with Gasteiger partial charge in [0, 0.05) is 20.1 Å². The zero-order valence-corrected chi connectivity index (χ0v) is 10.9. The Morgan fingerprint density at radius 3 is 2.53 bits per heavy atom. The molecule has 7 heteroatoms. The Morgan fingerprint density at radius 2 is 2.06 bits per heavy atom. The van der Waals surface area contributed by atoms with Crippen molar-refractivity contribution in [1.29, 1.82) is 0 Å². The van der Waals surface area contributed by atoms with Gasteiger partial charge in [0.2, 0.25) is 0 Å². The highest BCUT2D eigenvalue weighted by atomic mass is 32.2. The molecule has 0 atom stereocenters. The third kappa shape index (κ3) is 2.04. The topological polar surface area (TPSA) is 81.2 Å². The molecule has 0 aliphatic heterocycles. The number of hydrogen-bond donors (Lipinski definition) is 1. The highest BCUT2D eigenvalue weighted by Gasteiger charge is 2.33. The van der Waals surface area contributed by atoms with Crippen molar-refractivity contribution < 1.29 is 8.42 Å². The summed E-state index contributed by atoms with van der Waals surface area (Å²) in [6.07, 6.45) is 5.45. The Balaban J connectivity index is 2.36. The van der Waals surface area contributed by atoms with E-state index >= 15 is 0 Å². The molecule has 1 heterocycles. The van der Waals surface area contributed by atoms with E-state index in [9.17, 15) is 8.42 Å². The van der Waals surface area contributed by atoms with Crippen molar-refractivity contribution >= 4 is 15.8 Å². The molecule has 1 fully saturated rings. The normalized spacial score (nSPS) is 18.1. The van der Waals surface area contributed by atoms with Gasteiger partial charge in [-0.1, -0.05) is 12.8 Å². The second kappa shape index (κ2) is 4.30. The van der Waals surface area contributed by atoms with Crippen LogP contribution in [0, 0.1) is 0 Å². The summed E-state index contributed by atoms with van der Waals surface area (Å²) in [7, 11) is -0.271. The third-order valence-electron chi connectivity index (χ3n) is 3.37. The Hall–Kier alpha value is -1.08. The highest BCUT2D eigenvalue weighted by Crippen LogP contribution is 2.28. The molecule has 2 rings (SSSR count). The first kappa shape index (κ1) is 12.4. The fourth-order valence-corrected chi connectivity index (χ4v) is 3.96. The Bertz CT molecular complexity index is 483. The monoisotopic (exact) mass is 258 g/mol. The van der Waals surface area contributed by atoms with Crippen molar-refractivity contribution in [3.8, 4) is 0 Å². The van der Waals surface area contributed by atoms with Gasteiger partial charge in [-0.2, -0.15) is 4.31 Å². The molecule has 0 spiro atoms. The van der Waals surface area contributed by atoms with Crippen LogP contribution in [0.5, 0.6) is 0 Å². The number of hydrogen-bond acceptors (Lipinski definition) is 4. The molecule has 0 radical (unpaired) electrons. The first-order chi connectivity index (χ1) is 7.94. The second-order valence-electron chi connectivity index (χ2n) is 4.51. The molecule has 1 aliphatic carbocycles. The van der Waals surface area contributed by atoms with E-state index < -0.39 is 10.0 Å². The van der Waals surface area contributed by atoms with Crippen LogP contribution >= 0.6 is 0 Å². The number of aromatic nitrogens is 2. The van der Waals surface area contributed by atoms with E-state index in [1.54, 1.807) is 14.1 Å². The molecular formula is C10H18N4O2S. The van der Waals surface area contributed by atoms with Gasteiger partial charge < -0.3 is 10.3 Å². The maximum atomic E-state index is 12.4. The molecule has 1 saturated carbocycles. The van der Waals surface area contributed by atoms with Crippen LogP contribution in [-0.4, -0.2) is 35.4 Å². The lowest BCUT2D eigenvalue weighted by Gasteiger charge is -2.23. The van der Waals surface area contributed by atoms with Crippen LogP contribution in [0.4, 0.5) is 5.82 Å². The summed E-state index contributed by atoms with van der Waals surface area (Å²) in [5.74, 6) is 0.0670. The number of sulfonamides is 1. The SMILES string of the molecule is CN(C1CCCC1)S(=O)(=O)c1c(N)ncn1C. The molecule has 0 unspecified atom stereocenters.